The van der Waals surface area contributed by atoms with E-state index < -0.39 is 11.7 Å². The number of amides is 1. The molecular formula is C15H19NO3. The lowest BCUT2D eigenvalue weighted by Gasteiger charge is -2.22. The minimum atomic E-state index is -0.514. The van der Waals surface area contributed by atoms with Crippen molar-refractivity contribution in [3.8, 4) is 5.75 Å². The monoisotopic (exact) mass is 261 g/mol. The van der Waals surface area contributed by atoms with Crippen LogP contribution in [0.15, 0.2) is 24.3 Å². The van der Waals surface area contributed by atoms with Crippen LogP contribution in [0.25, 0.3) is 5.57 Å². The van der Waals surface area contributed by atoms with Crippen molar-refractivity contribution in [1.82, 2.24) is 0 Å². The normalized spacial score (nSPS) is 14.0. The number of anilines is 1. The summed E-state index contributed by atoms with van der Waals surface area (Å²) >= 11 is 0. The maximum absolute atomic E-state index is 11.8. The van der Waals surface area contributed by atoms with Crippen LogP contribution in [-0.4, -0.2) is 18.3 Å². The van der Waals surface area contributed by atoms with E-state index in [0.717, 1.165) is 16.9 Å². The van der Waals surface area contributed by atoms with Gasteiger partial charge in [0.15, 0.2) is 0 Å². The number of carbonyl (C=O) groups is 1. The van der Waals surface area contributed by atoms with Crippen molar-refractivity contribution in [2.75, 3.05) is 11.9 Å². The van der Waals surface area contributed by atoms with Gasteiger partial charge in [0.2, 0.25) is 0 Å². The van der Waals surface area contributed by atoms with E-state index in [4.69, 9.17) is 9.47 Å². The third kappa shape index (κ3) is 3.28. The molecule has 1 N–H and O–H groups in total. The largest absolute Gasteiger partial charge is 0.489 e. The van der Waals surface area contributed by atoms with Gasteiger partial charge in [-0.2, -0.15) is 0 Å². The van der Waals surface area contributed by atoms with Crippen LogP contribution in [0.5, 0.6) is 5.75 Å². The van der Waals surface area contributed by atoms with Crippen molar-refractivity contribution in [2.45, 2.75) is 33.3 Å². The van der Waals surface area contributed by atoms with Gasteiger partial charge in [0.25, 0.3) is 0 Å². The number of nitrogens with one attached hydrogen (secondary N) is 1. The lowest BCUT2D eigenvalue weighted by atomic mass is 10.0. The standard InChI is InChI=1S/C15H19NO3/c1-10-8-9-18-12-7-5-6-11(13(10)12)16-14(17)19-15(2,3)4/h5-8H,9H2,1-4H3,(H,16,17). The van der Waals surface area contributed by atoms with Crippen LogP contribution in [0.2, 0.25) is 0 Å². The van der Waals surface area contributed by atoms with Crippen molar-refractivity contribution in [2.24, 2.45) is 0 Å². The van der Waals surface area contributed by atoms with E-state index in [1.54, 1.807) is 0 Å². The van der Waals surface area contributed by atoms with Gasteiger partial charge in [-0.3, -0.25) is 5.32 Å². The summed E-state index contributed by atoms with van der Waals surface area (Å²) in [7, 11) is 0. The predicted molar refractivity (Wildman–Crippen MR) is 75.4 cm³/mol. The van der Waals surface area contributed by atoms with Crippen LogP contribution in [0.3, 0.4) is 0 Å². The second kappa shape index (κ2) is 4.96. The van der Waals surface area contributed by atoms with Crippen molar-refractivity contribution >= 4 is 17.4 Å². The summed E-state index contributed by atoms with van der Waals surface area (Å²) in [6, 6.07) is 5.59. The van der Waals surface area contributed by atoms with Gasteiger partial charge >= 0.3 is 6.09 Å². The van der Waals surface area contributed by atoms with Crippen molar-refractivity contribution in [3.05, 3.63) is 29.8 Å². The smallest absolute Gasteiger partial charge is 0.412 e. The van der Waals surface area contributed by atoms with Crippen LogP contribution in [0.1, 0.15) is 33.3 Å². The Morgan fingerprint density at radius 1 is 1.37 bits per heavy atom. The second-order valence-corrected chi connectivity index (χ2v) is 5.50. The second-order valence-electron chi connectivity index (χ2n) is 5.50. The highest BCUT2D eigenvalue weighted by molar-refractivity contribution is 5.91. The Bertz CT molecular complexity index is 527. The average Bonchev–Trinajstić information content (AvgIpc) is 2.26. The molecule has 1 aliphatic rings. The molecular weight excluding hydrogens is 242 g/mol. The molecule has 0 saturated carbocycles. The van der Waals surface area contributed by atoms with Crippen molar-refractivity contribution < 1.29 is 14.3 Å². The molecule has 19 heavy (non-hydrogen) atoms. The molecule has 4 heteroatoms. The molecule has 0 saturated heterocycles. The van der Waals surface area contributed by atoms with Crippen LogP contribution in [0.4, 0.5) is 10.5 Å². The molecule has 0 bridgehead atoms. The fraction of sp³-hybridized carbons (Fsp3) is 0.400. The van der Waals surface area contributed by atoms with Crippen molar-refractivity contribution in [1.29, 1.82) is 0 Å². The number of fused-ring (bicyclic) bond motifs is 1. The molecule has 0 radical (unpaired) electrons. The summed E-state index contributed by atoms with van der Waals surface area (Å²) in [5, 5.41) is 2.78. The lowest BCUT2D eigenvalue weighted by Crippen LogP contribution is -2.27. The first-order valence-electron chi connectivity index (χ1n) is 6.30. The van der Waals surface area contributed by atoms with Gasteiger partial charge in [-0.05, 0) is 51.5 Å². The van der Waals surface area contributed by atoms with E-state index >= 15 is 0 Å². The molecule has 0 atom stereocenters. The molecule has 0 spiro atoms. The van der Waals surface area contributed by atoms with Gasteiger partial charge in [0.1, 0.15) is 18.0 Å². The zero-order valence-corrected chi connectivity index (χ0v) is 11.7. The van der Waals surface area contributed by atoms with Gasteiger partial charge in [-0.15, -0.1) is 0 Å². The van der Waals surface area contributed by atoms with Crippen LogP contribution >= 0.6 is 0 Å². The molecule has 1 amide bonds. The highest BCUT2D eigenvalue weighted by atomic mass is 16.6. The van der Waals surface area contributed by atoms with E-state index in [9.17, 15) is 4.79 Å². The summed E-state index contributed by atoms with van der Waals surface area (Å²) < 4.78 is 10.8. The first-order chi connectivity index (χ1) is 8.87. The Balaban J connectivity index is 2.23. The Hall–Kier alpha value is -1.97. The fourth-order valence-corrected chi connectivity index (χ4v) is 1.93. The third-order valence-corrected chi connectivity index (χ3v) is 2.68. The number of rotatable bonds is 1. The number of carbonyl (C=O) groups excluding carboxylic acids is 1. The number of hydrogen-bond acceptors (Lipinski definition) is 3. The molecule has 102 valence electrons. The summed E-state index contributed by atoms with van der Waals surface area (Å²) in [5.74, 6) is 0.786. The summed E-state index contributed by atoms with van der Waals surface area (Å²) in [4.78, 5) is 11.8. The fourth-order valence-electron chi connectivity index (χ4n) is 1.93. The van der Waals surface area contributed by atoms with Gasteiger partial charge < -0.3 is 9.47 Å². The molecule has 4 nitrogen and oxygen atoms in total. The van der Waals surface area contributed by atoms with Crippen LogP contribution in [-0.2, 0) is 4.74 Å². The highest BCUT2D eigenvalue weighted by Gasteiger charge is 2.20. The number of hydrogen-bond donors (Lipinski definition) is 1. The Morgan fingerprint density at radius 2 is 2.11 bits per heavy atom. The average molecular weight is 261 g/mol. The Labute approximate surface area is 113 Å². The van der Waals surface area contributed by atoms with Gasteiger partial charge in [0.05, 0.1) is 5.69 Å². The summed E-state index contributed by atoms with van der Waals surface area (Å²) in [5.41, 5.74) is 2.20. The van der Waals surface area contributed by atoms with Gasteiger partial charge in [0, 0.05) is 5.56 Å². The van der Waals surface area contributed by atoms with E-state index in [2.05, 4.69) is 5.32 Å². The highest BCUT2D eigenvalue weighted by Crippen LogP contribution is 2.35. The van der Waals surface area contributed by atoms with E-state index in [-0.39, 0.29) is 0 Å². The molecule has 0 unspecified atom stereocenters. The van der Waals surface area contributed by atoms with E-state index in [0.29, 0.717) is 12.3 Å². The molecule has 1 aliphatic heterocycles. The molecule has 1 aromatic rings. The predicted octanol–water partition coefficient (Wildman–Crippen LogP) is 3.83. The Morgan fingerprint density at radius 3 is 2.79 bits per heavy atom. The zero-order valence-electron chi connectivity index (χ0n) is 11.7. The molecule has 1 aromatic carbocycles. The summed E-state index contributed by atoms with van der Waals surface area (Å²) in [6.45, 7) is 8.07. The maximum Gasteiger partial charge on any atom is 0.412 e. The topological polar surface area (TPSA) is 47.6 Å². The zero-order chi connectivity index (χ0) is 14.0. The lowest BCUT2D eigenvalue weighted by molar-refractivity contribution is 0.0636. The molecule has 0 aliphatic carbocycles. The van der Waals surface area contributed by atoms with Crippen LogP contribution in [0, 0.1) is 0 Å². The quantitative estimate of drug-likeness (QED) is 0.835. The number of ether oxygens (including phenoxy) is 2. The van der Waals surface area contributed by atoms with Gasteiger partial charge in [-0.25, -0.2) is 4.79 Å². The molecule has 1 heterocycles. The third-order valence-electron chi connectivity index (χ3n) is 2.68. The van der Waals surface area contributed by atoms with E-state index in [1.165, 1.54) is 0 Å². The van der Waals surface area contributed by atoms with Gasteiger partial charge in [-0.1, -0.05) is 6.07 Å². The number of allylic oxidation sites excluding steroid dienone is 1. The van der Waals surface area contributed by atoms with Crippen LogP contribution < -0.4 is 10.1 Å². The maximum atomic E-state index is 11.8. The molecule has 0 fully saturated rings. The first-order valence-corrected chi connectivity index (χ1v) is 6.30. The Kier molecular flexibility index (Phi) is 3.51. The molecule has 2 rings (SSSR count). The molecule has 0 aromatic heterocycles. The van der Waals surface area contributed by atoms with E-state index in [1.807, 2.05) is 52.0 Å². The minimum Gasteiger partial charge on any atom is -0.489 e. The first kappa shape index (κ1) is 13.5. The SMILES string of the molecule is CC1=CCOc2cccc(NC(=O)OC(C)(C)C)c21. The summed E-state index contributed by atoms with van der Waals surface area (Å²) in [6.07, 6.45) is 1.53. The minimum absolute atomic E-state index is 0.459. The number of benzene rings is 1. The van der Waals surface area contributed by atoms with Crippen molar-refractivity contribution in [3.63, 3.8) is 0 Å².